The SMILES string of the molecule is CC1CC=CC2=C1c1ccsc1C(=O)N(Cc1ccccc1)C2(C)C(=O)NC1CCCC1. The number of carbonyl (C=O) groups excluding carboxylic acids is 2. The molecule has 1 aromatic heterocycles. The zero-order valence-electron chi connectivity index (χ0n) is 18.8. The van der Waals surface area contributed by atoms with E-state index < -0.39 is 5.54 Å². The quantitative estimate of drug-likeness (QED) is 0.667. The number of amides is 2. The van der Waals surface area contributed by atoms with Crippen LogP contribution in [-0.4, -0.2) is 28.3 Å². The summed E-state index contributed by atoms with van der Waals surface area (Å²) in [6.07, 6.45) is 9.50. The summed E-state index contributed by atoms with van der Waals surface area (Å²) in [5.41, 5.74) is 3.07. The second kappa shape index (κ2) is 8.36. The lowest BCUT2D eigenvalue weighted by atomic mass is 9.76. The third kappa shape index (κ3) is 3.43. The van der Waals surface area contributed by atoms with Crippen molar-refractivity contribution in [3.05, 3.63) is 75.5 Å². The van der Waals surface area contributed by atoms with E-state index in [9.17, 15) is 9.59 Å². The van der Waals surface area contributed by atoms with Crippen LogP contribution in [0.5, 0.6) is 0 Å². The van der Waals surface area contributed by atoms with Gasteiger partial charge in [0, 0.05) is 18.2 Å². The lowest BCUT2D eigenvalue weighted by Gasteiger charge is -2.42. The summed E-state index contributed by atoms with van der Waals surface area (Å²) in [7, 11) is 0. The van der Waals surface area contributed by atoms with Crippen LogP contribution in [0.1, 0.15) is 66.8 Å². The highest BCUT2D eigenvalue weighted by atomic mass is 32.1. The standard InChI is InChI=1S/C27H30N2O2S/c1-18-9-8-14-22-23(18)21-15-16-32-24(21)25(30)29(17-19-10-4-3-5-11-19)27(22,2)26(31)28-20-12-6-7-13-20/h3-5,8,10-11,14-16,18,20H,6-7,9,12-13,17H2,1-2H3,(H,28,31). The Morgan fingerprint density at radius 1 is 1.19 bits per heavy atom. The molecule has 0 radical (unpaired) electrons. The van der Waals surface area contributed by atoms with Crippen molar-refractivity contribution in [1.82, 2.24) is 10.2 Å². The Hall–Kier alpha value is -2.66. The first-order valence-corrected chi connectivity index (χ1v) is 12.5. The Balaban J connectivity index is 1.68. The van der Waals surface area contributed by atoms with E-state index in [4.69, 9.17) is 0 Å². The third-order valence-electron chi connectivity index (χ3n) is 7.33. The van der Waals surface area contributed by atoms with E-state index in [-0.39, 0.29) is 23.8 Å². The summed E-state index contributed by atoms with van der Waals surface area (Å²) in [6.45, 7) is 4.55. The first kappa shape index (κ1) is 21.2. The monoisotopic (exact) mass is 446 g/mol. The number of rotatable bonds is 4. The van der Waals surface area contributed by atoms with Crippen molar-refractivity contribution in [1.29, 1.82) is 0 Å². The number of allylic oxidation sites excluding steroid dienone is 2. The fourth-order valence-corrected chi connectivity index (χ4v) is 6.35. The Labute approximate surface area is 194 Å². The summed E-state index contributed by atoms with van der Waals surface area (Å²) in [4.78, 5) is 30.6. The second-order valence-electron chi connectivity index (χ2n) is 9.43. The van der Waals surface area contributed by atoms with Gasteiger partial charge in [-0.3, -0.25) is 9.59 Å². The molecule has 1 saturated carbocycles. The summed E-state index contributed by atoms with van der Waals surface area (Å²) in [6, 6.07) is 12.2. The van der Waals surface area contributed by atoms with E-state index in [2.05, 4.69) is 30.5 Å². The molecular formula is C27H30N2O2S. The number of nitrogens with one attached hydrogen (secondary N) is 1. The summed E-state index contributed by atoms with van der Waals surface area (Å²) < 4.78 is 0. The van der Waals surface area contributed by atoms with Crippen molar-refractivity contribution in [2.24, 2.45) is 5.92 Å². The first-order valence-electron chi connectivity index (χ1n) is 11.7. The minimum absolute atomic E-state index is 0.0575. The van der Waals surface area contributed by atoms with Crippen LogP contribution < -0.4 is 5.32 Å². The van der Waals surface area contributed by atoms with Gasteiger partial charge in [-0.1, -0.05) is 62.2 Å². The lowest BCUT2D eigenvalue weighted by molar-refractivity contribution is -0.130. The van der Waals surface area contributed by atoms with Gasteiger partial charge in [0.1, 0.15) is 5.54 Å². The van der Waals surface area contributed by atoms with E-state index in [0.29, 0.717) is 6.54 Å². The molecule has 166 valence electrons. The maximum absolute atomic E-state index is 14.0. The van der Waals surface area contributed by atoms with Crippen molar-refractivity contribution in [3.8, 4) is 0 Å². The summed E-state index contributed by atoms with van der Waals surface area (Å²) in [5, 5.41) is 5.32. The van der Waals surface area contributed by atoms with E-state index in [1.54, 1.807) is 0 Å². The Bertz CT molecular complexity index is 1090. The van der Waals surface area contributed by atoms with Crippen LogP contribution in [0.2, 0.25) is 0 Å². The number of thiophene rings is 1. The largest absolute Gasteiger partial charge is 0.351 e. The van der Waals surface area contributed by atoms with E-state index in [1.165, 1.54) is 11.3 Å². The zero-order valence-corrected chi connectivity index (χ0v) is 19.6. The molecule has 0 saturated heterocycles. The second-order valence-corrected chi connectivity index (χ2v) is 10.3. The van der Waals surface area contributed by atoms with Crippen molar-refractivity contribution in [2.45, 2.75) is 64.1 Å². The number of nitrogens with zero attached hydrogens (tertiary/aromatic N) is 1. The van der Waals surface area contributed by atoms with Crippen LogP contribution in [0, 0.1) is 5.92 Å². The highest BCUT2D eigenvalue weighted by Gasteiger charge is 2.50. The molecule has 2 amide bonds. The number of hydrogen-bond acceptors (Lipinski definition) is 3. The maximum Gasteiger partial charge on any atom is 0.266 e. The predicted molar refractivity (Wildman–Crippen MR) is 129 cm³/mol. The third-order valence-corrected chi connectivity index (χ3v) is 8.23. The van der Waals surface area contributed by atoms with Crippen LogP contribution in [-0.2, 0) is 11.3 Å². The smallest absolute Gasteiger partial charge is 0.266 e. The molecule has 1 N–H and O–H groups in total. The predicted octanol–water partition coefficient (Wildman–Crippen LogP) is 5.57. The molecule has 5 rings (SSSR count). The van der Waals surface area contributed by atoms with Crippen LogP contribution in [0.15, 0.2) is 59.5 Å². The van der Waals surface area contributed by atoms with Gasteiger partial charge >= 0.3 is 0 Å². The van der Waals surface area contributed by atoms with Gasteiger partial charge < -0.3 is 10.2 Å². The molecular weight excluding hydrogens is 416 g/mol. The van der Waals surface area contributed by atoms with Gasteiger partial charge in [0.05, 0.1) is 4.88 Å². The molecule has 1 aliphatic heterocycles. The molecule has 2 aliphatic carbocycles. The van der Waals surface area contributed by atoms with Crippen molar-refractivity contribution in [2.75, 3.05) is 0 Å². The molecule has 1 aromatic carbocycles. The van der Waals surface area contributed by atoms with Gasteiger partial charge in [-0.15, -0.1) is 11.3 Å². The molecule has 4 nitrogen and oxygen atoms in total. The molecule has 2 atom stereocenters. The number of carbonyl (C=O) groups is 2. The fraction of sp³-hybridized carbons (Fsp3) is 0.407. The van der Waals surface area contributed by atoms with Gasteiger partial charge in [-0.25, -0.2) is 0 Å². The van der Waals surface area contributed by atoms with Crippen LogP contribution in [0.4, 0.5) is 0 Å². The van der Waals surface area contributed by atoms with Gasteiger partial charge in [-0.05, 0) is 60.3 Å². The first-order chi connectivity index (χ1) is 15.5. The number of fused-ring (bicyclic) bond motifs is 2. The molecule has 32 heavy (non-hydrogen) atoms. The minimum Gasteiger partial charge on any atom is -0.351 e. The van der Waals surface area contributed by atoms with E-state index in [0.717, 1.165) is 59.3 Å². The average molecular weight is 447 g/mol. The Kier molecular flexibility index (Phi) is 5.54. The Morgan fingerprint density at radius 3 is 2.69 bits per heavy atom. The average Bonchev–Trinajstić information content (AvgIpc) is 3.48. The molecule has 2 aromatic rings. The summed E-state index contributed by atoms with van der Waals surface area (Å²) in [5.74, 6) is 0.138. The normalized spacial score (nSPS) is 25.5. The van der Waals surface area contributed by atoms with Gasteiger partial charge in [0.15, 0.2) is 0 Å². The maximum atomic E-state index is 14.0. The molecule has 0 bridgehead atoms. The minimum atomic E-state index is -1.07. The number of benzene rings is 1. The van der Waals surface area contributed by atoms with Crippen LogP contribution >= 0.6 is 11.3 Å². The van der Waals surface area contributed by atoms with Crippen molar-refractivity contribution < 1.29 is 9.59 Å². The topological polar surface area (TPSA) is 49.4 Å². The van der Waals surface area contributed by atoms with E-state index >= 15 is 0 Å². The fourth-order valence-electron chi connectivity index (χ4n) is 5.49. The van der Waals surface area contributed by atoms with Gasteiger partial charge in [0.2, 0.25) is 0 Å². The van der Waals surface area contributed by atoms with Gasteiger partial charge in [0.25, 0.3) is 11.8 Å². The highest BCUT2D eigenvalue weighted by molar-refractivity contribution is 7.12. The number of hydrogen-bond donors (Lipinski definition) is 1. The van der Waals surface area contributed by atoms with Gasteiger partial charge in [-0.2, -0.15) is 0 Å². The zero-order chi connectivity index (χ0) is 22.3. The molecule has 3 aliphatic rings. The van der Waals surface area contributed by atoms with E-state index in [1.807, 2.05) is 47.5 Å². The molecule has 2 unspecified atom stereocenters. The lowest BCUT2D eigenvalue weighted by Crippen LogP contribution is -2.60. The molecule has 2 heterocycles. The molecule has 1 fully saturated rings. The van der Waals surface area contributed by atoms with Crippen molar-refractivity contribution in [3.63, 3.8) is 0 Å². The molecule has 5 heteroatoms. The summed E-state index contributed by atoms with van der Waals surface area (Å²) >= 11 is 1.48. The van der Waals surface area contributed by atoms with Crippen LogP contribution in [0.25, 0.3) is 5.57 Å². The highest BCUT2D eigenvalue weighted by Crippen LogP contribution is 2.46. The van der Waals surface area contributed by atoms with Crippen LogP contribution in [0.3, 0.4) is 0 Å². The molecule has 0 spiro atoms. The van der Waals surface area contributed by atoms with Crippen molar-refractivity contribution >= 4 is 28.7 Å². The Morgan fingerprint density at radius 2 is 1.94 bits per heavy atom.